The first kappa shape index (κ1) is 19.2. The van der Waals surface area contributed by atoms with E-state index in [1.807, 2.05) is 25.2 Å². The summed E-state index contributed by atoms with van der Waals surface area (Å²) in [6.45, 7) is 4.45. The van der Waals surface area contributed by atoms with E-state index in [0.717, 1.165) is 44.7 Å². The molecule has 1 saturated heterocycles. The van der Waals surface area contributed by atoms with Gasteiger partial charge in [0.15, 0.2) is 0 Å². The molecule has 2 aromatic carbocycles. The number of amides is 2. The number of urea groups is 1. The van der Waals surface area contributed by atoms with Gasteiger partial charge in [-0.3, -0.25) is 4.90 Å². The monoisotopic (exact) mass is 366 g/mol. The van der Waals surface area contributed by atoms with Gasteiger partial charge in [-0.25, -0.2) is 4.79 Å². The summed E-state index contributed by atoms with van der Waals surface area (Å²) in [7, 11) is 2.04. The molecular formula is C22H30N4O. The number of carbonyl (C=O) groups is 1. The average Bonchev–Trinajstić information content (AvgIpc) is 2.71. The van der Waals surface area contributed by atoms with Crippen LogP contribution in [0.2, 0.25) is 0 Å². The van der Waals surface area contributed by atoms with Crippen LogP contribution < -0.4 is 15.5 Å². The number of likely N-dealkylation sites (N-methyl/N-ethyl adjacent to an activating group) is 1. The number of hydrogen-bond donors (Lipinski definition) is 2. The van der Waals surface area contributed by atoms with Gasteiger partial charge in [0.2, 0.25) is 0 Å². The Morgan fingerprint density at radius 3 is 2.33 bits per heavy atom. The molecule has 5 heteroatoms. The zero-order valence-corrected chi connectivity index (χ0v) is 16.1. The number of carbonyl (C=O) groups excluding carboxylic acids is 1. The molecule has 2 aromatic rings. The summed E-state index contributed by atoms with van der Waals surface area (Å²) >= 11 is 0. The fraction of sp³-hybridized carbons (Fsp3) is 0.409. The Bertz CT molecular complexity index is 684. The molecule has 3 rings (SSSR count). The smallest absolute Gasteiger partial charge is 0.315 e. The van der Waals surface area contributed by atoms with Crippen LogP contribution in [0.5, 0.6) is 0 Å². The van der Waals surface area contributed by atoms with E-state index in [-0.39, 0.29) is 12.1 Å². The third-order valence-electron chi connectivity index (χ3n) is 5.10. The van der Waals surface area contributed by atoms with Crippen LogP contribution in [0, 0.1) is 0 Å². The molecule has 2 N–H and O–H groups in total. The summed E-state index contributed by atoms with van der Waals surface area (Å²) in [5.41, 5.74) is 2.51. The highest BCUT2D eigenvalue weighted by molar-refractivity contribution is 5.74. The van der Waals surface area contributed by atoms with E-state index in [1.165, 1.54) is 5.56 Å². The molecule has 0 spiro atoms. The summed E-state index contributed by atoms with van der Waals surface area (Å²) in [5, 5.41) is 6.10. The molecule has 5 nitrogen and oxygen atoms in total. The predicted octanol–water partition coefficient (Wildman–Crippen LogP) is 3.09. The summed E-state index contributed by atoms with van der Waals surface area (Å²) in [6.07, 6.45) is 2.01. The number of hydrogen-bond acceptors (Lipinski definition) is 3. The second-order valence-corrected chi connectivity index (χ2v) is 7.19. The molecule has 0 unspecified atom stereocenters. The van der Waals surface area contributed by atoms with Gasteiger partial charge in [-0.2, -0.15) is 0 Å². The van der Waals surface area contributed by atoms with Gasteiger partial charge in [0.05, 0.1) is 0 Å². The standard InChI is InChI=1S/C22H30N4O/c1-25(21-10-6-3-7-11-21)17-14-23-22(27)24-20-12-15-26(16-13-20)18-19-8-4-2-5-9-19/h2-11,20H,12-18H2,1H3,(H2,23,24,27). The van der Waals surface area contributed by atoms with E-state index in [4.69, 9.17) is 0 Å². The molecule has 1 aliphatic heterocycles. The molecule has 1 aliphatic rings. The Balaban J connectivity index is 1.31. The van der Waals surface area contributed by atoms with Crippen molar-refractivity contribution in [3.8, 4) is 0 Å². The highest BCUT2D eigenvalue weighted by Gasteiger charge is 2.20. The van der Waals surface area contributed by atoms with Gasteiger partial charge >= 0.3 is 6.03 Å². The molecule has 27 heavy (non-hydrogen) atoms. The number of benzene rings is 2. The topological polar surface area (TPSA) is 47.6 Å². The van der Waals surface area contributed by atoms with Crippen molar-refractivity contribution in [3.63, 3.8) is 0 Å². The van der Waals surface area contributed by atoms with Crippen LogP contribution in [-0.4, -0.2) is 50.2 Å². The van der Waals surface area contributed by atoms with Gasteiger partial charge in [0.1, 0.15) is 0 Å². The number of nitrogens with one attached hydrogen (secondary N) is 2. The number of nitrogens with zero attached hydrogens (tertiary/aromatic N) is 2. The summed E-state index contributed by atoms with van der Waals surface area (Å²) in [4.78, 5) is 16.7. The summed E-state index contributed by atoms with van der Waals surface area (Å²) < 4.78 is 0. The average molecular weight is 367 g/mol. The van der Waals surface area contributed by atoms with Crippen molar-refractivity contribution < 1.29 is 4.79 Å². The zero-order valence-electron chi connectivity index (χ0n) is 16.1. The number of para-hydroxylation sites is 1. The molecule has 0 saturated carbocycles. The van der Waals surface area contributed by atoms with E-state index in [0.29, 0.717) is 6.54 Å². The lowest BCUT2D eigenvalue weighted by Crippen LogP contribution is -2.48. The molecule has 1 heterocycles. The Morgan fingerprint density at radius 2 is 1.67 bits per heavy atom. The van der Waals surface area contributed by atoms with Crippen LogP contribution in [0.25, 0.3) is 0 Å². The molecule has 1 fully saturated rings. The number of piperidine rings is 1. The fourth-order valence-electron chi connectivity index (χ4n) is 3.46. The number of likely N-dealkylation sites (tertiary alicyclic amines) is 1. The zero-order chi connectivity index (χ0) is 18.9. The molecule has 0 bridgehead atoms. The van der Waals surface area contributed by atoms with Crippen molar-refractivity contribution in [2.75, 3.05) is 38.1 Å². The van der Waals surface area contributed by atoms with Crippen LogP contribution >= 0.6 is 0 Å². The lowest BCUT2D eigenvalue weighted by atomic mass is 10.0. The second kappa shape index (κ2) is 9.97. The van der Waals surface area contributed by atoms with E-state index < -0.39 is 0 Å². The lowest BCUT2D eigenvalue weighted by Gasteiger charge is -2.32. The van der Waals surface area contributed by atoms with E-state index in [9.17, 15) is 4.79 Å². The first-order chi connectivity index (χ1) is 13.2. The second-order valence-electron chi connectivity index (χ2n) is 7.19. The maximum absolute atomic E-state index is 12.1. The Hall–Kier alpha value is -2.53. The molecule has 2 amide bonds. The number of rotatable bonds is 7. The minimum absolute atomic E-state index is 0.0574. The third-order valence-corrected chi connectivity index (χ3v) is 5.10. The first-order valence-corrected chi connectivity index (χ1v) is 9.77. The molecular weight excluding hydrogens is 336 g/mol. The summed E-state index contributed by atoms with van der Waals surface area (Å²) in [6, 6.07) is 21.0. The Labute approximate surface area is 162 Å². The highest BCUT2D eigenvalue weighted by Crippen LogP contribution is 2.14. The lowest BCUT2D eigenvalue weighted by molar-refractivity contribution is 0.187. The maximum atomic E-state index is 12.1. The largest absolute Gasteiger partial charge is 0.373 e. The normalized spacial score (nSPS) is 15.3. The molecule has 144 valence electrons. The van der Waals surface area contributed by atoms with Gasteiger partial charge in [-0.15, -0.1) is 0 Å². The Morgan fingerprint density at radius 1 is 1.04 bits per heavy atom. The van der Waals surface area contributed by atoms with Gasteiger partial charge in [0, 0.05) is 51.5 Å². The van der Waals surface area contributed by atoms with Crippen molar-refractivity contribution in [2.45, 2.75) is 25.4 Å². The first-order valence-electron chi connectivity index (χ1n) is 9.77. The van der Waals surface area contributed by atoms with Gasteiger partial charge in [-0.05, 0) is 30.5 Å². The van der Waals surface area contributed by atoms with Gasteiger partial charge < -0.3 is 15.5 Å². The molecule has 0 radical (unpaired) electrons. The third kappa shape index (κ3) is 6.29. The van der Waals surface area contributed by atoms with Crippen molar-refractivity contribution in [1.29, 1.82) is 0 Å². The van der Waals surface area contributed by atoms with Gasteiger partial charge in [-0.1, -0.05) is 48.5 Å². The van der Waals surface area contributed by atoms with Crippen LogP contribution in [0.1, 0.15) is 18.4 Å². The van der Waals surface area contributed by atoms with Gasteiger partial charge in [0.25, 0.3) is 0 Å². The van der Waals surface area contributed by atoms with Crippen molar-refractivity contribution in [2.24, 2.45) is 0 Å². The molecule has 0 aromatic heterocycles. The minimum atomic E-state index is -0.0574. The fourth-order valence-corrected chi connectivity index (χ4v) is 3.46. The number of anilines is 1. The van der Waals surface area contributed by atoms with Crippen LogP contribution in [0.15, 0.2) is 60.7 Å². The maximum Gasteiger partial charge on any atom is 0.315 e. The molecule has 0 atom stereocenters. The Kier molecular flexibility index (Phi) is 7.11. The van der Waals surface area contributed by atoms with Crippen molar-refractivity contribution in [1.82, 2.24) is 15.5 Å². The SMILES string of the molecule is CN(CCNC(=O)NC1CCN(Cc2ccccc2)CC1)c1ccccc1. The van der Waals surface area contributed by atoms with Crippen molar-refractivity contribution >= 4 is 11.7 Å². The van der Waals surface area contributed by atoms with Crippen LogP contribution in [0.4, 0.5) is 10.5 Å². The molecule has 0 aliphatic carbocycles. The van der Waals surface area contributed by atoms with E-state index >= 15 is 0 Å². The van der Waals surface area contributed by atoms with E-state index in [1.54, 1.807) is 0 Å². The highest BCUT2D eigenvalue weighted by atomic mass is 16.2. The van der Waals surface area contributed by atoms with Crippen LogP contribution in [-0.2, 0) is 6.54 Å². The van der Waals surface area contributed by atoms with Crippen LogP contribution in [0.3, 0.4) is 0 Å². The quantitative estimate of drug-likeness (QED) is 0.792. The van der Waals surface area contributed by atoms with Crippen molar-refractivity contribution in [3.05, 3.63) is 66.2 Å². The predicted molar refractivity (Wildman–Crippen MR) is 111 cm³/mol. The summed E-state index contributed by atoms with van der Waals surface area (Å²) in [5.74, 6) is 0. The van der Waals surface area contributed by atoms with E-state index in [2.05, 4.69) is 62.9 Å². The minimum Gasteiger partial charge on any atom is -0.373 e.